The van der Waals surface area contributed by atoms with Crippen LogP contribution in [0.15, 0.2) is 47.5 Å². The van der Waals surface area contributed by atoms with Crippen LogP contribution in [0.25, 0.3) is 10.9 Å². The summed E-state index contributed by atoms with van der Waals surface area (Å²) in [6.07, 6.45) is 1.38. The quantitative estimate of drug-likeness (QED) is 0.543. The summed E-state index contributed by atoms with van der Waals surface area (Å²) >= 11 is 0. The summed E-state index contributed by atoms with van der Waals surface area (Å²) in [6.45, 7) is 7.73. The van der Waals surface area contributed by atoms with Crippen LogP contribution in [0.3, 0.4) is 0 Å². The largest absolute Gasteiger partial charge is 0.497 e. The van der Waals surface area contributed by atoms with Gasteiger partial charge in [-0.25, -0.2) is 16.8 Å². The summed E-state index contributed by atoms with van der Waals surface area (Å²) in [5.74, 6) is -0.222. The van der Waals surface area contributed by atoms with Gasteiger partial charge in [-0.2, -0.15) is 0 Å². The molecule has 2 aromatic carbocycles. The predicted octanol–water partition coefficient (Wildman–Crippen LogP) is 3.33. The molecule has 170 valence electrons. The molecule has 10 heteroatoms. The molecule has 3 aromatic rings. The van der Waals surface area contributed by atoms with E-state index in [4.69, 9.17) is 18.8 Å². The van der Waals surface area contributed by atoms with Crippen molar-refractivity contribution in [2.24, 2.45) is 0 Å². The van der Waals surface area contributed by atoms with E-state index in [0.29, 0.717) is 22.1 Å². The number of halogens is 1. The van der Waals surface area contributed by atoms with Crippen molar-refractivity contribution in [1.82, 2.24) is 3.97 Å². The highest BCUT2D eigenvalue weighted by molar-refractivity contribution is 7.90. The highest BCUT2D eigenvalue weighted by Crippen LogP contribution is 2.37. The minimum Gasteiger partial charge on any atom is -0.497 e. The van der Waals surface area contributed by atoms with E-state index in [1.807, 2.05) is 27.7 Å². The van der Waals surface area contributed by atoms with E-state index in [0.717, 1.165) is 10.0 Å². The third-order valence-electron chi connectivity index (χ3n) is 6.18. The van der Waals surface area contributed by atoms with Gasteiger partial charge in [-0.05, 0) is 63.5 Å². The minimum atomic E-state index is -4.24. The molecule has 32 heavy (non-hydrogen) atoms. The lowest BCUT2D eigenvalue weighted by atomic mass is 9.78. The highest BCUT2D eigenvalue weighted by Gasteiger charge is 2.52. The Morgan fingerprint density at radius 3 is 2.19 bits per heavy atom. The number of rotatable bonds is 5. The van der Waals surface area contributed by atoms with Gasteiger partial charge >= 0.3 is 7.12 Å². The minimum absolute atomic E-state index is 0.225. The van der Waals surface area contributed by atoms with E-state index in [2.05, 4.69) is 0 Å². The second-order valence-corrected chi connectivity index (χ2v) is 10.4. The number of fused-ring (bicyclic) bond motifs is 1. The standard InChI is InChI=1S/C22H25BFNO6S/c1-21(2)22(3,4)31-23(30-21)14-11-18-16(19(12-14)29-6)9-10-25(18)32(26,27)20-8-7-15(28-5)13-17(20)24/h7-13H,1-6H3. The van der Waals surface area contributed by atoms with Gasteiger partial charge in [-0.15, -0.1) is 0 Å². The molecule has 0 saturated carbocycles. The van der Waals surface area contributed by atoms with Crippen LogP contribution in [-0.4, -0.2) is 44.9 Å². The Bertz CT molecular complexity index is 1290. The molecule has 0 unspecified atom stereocenters. The second kappa shape index (κ2) is 7.50. The zero-order chi connectivity index (χ0) is 23.5. The summed E-state index contributed by atoms with van der Waals surface area (Å²) in [4.78, 5) is -0.462. The van der Waals surface area contributed by atoms with Gasteiger partial charge in [0.2, 0.25) is 0 Å². The molecule has 2 heterocycles. The molecular weight excluding hydrogens is 436 g/mol. The zero-order valence-corrected chi connectivity index (χ0v) is 19.6. The first-order valence-corrected chi connectivity index (χ1v) is 11.5. The summed E-state index contributed by atoms with van der Waals surface area (Å²) in [6, 6.07) is 8.66. The number of hydrogen-bond donors (Lipinski definition) is 0. The molecule has 1 aliphatic rings. The zero-order valence-electron chi connectivity index (χ0n) is 18.8. The van der Waals surface area contributed by atoms with Crippen molar-refractivity contribution in [3.63, 3.8) is 0 Å². The monoisotopic (exact) mass is 461 g/mol. The van der Waals surface area contributed by atoms with Crippen LogP contribution in [0.4, 0.5) is 4.39 Å². The Kier molecular flexibility index (Phi) is 5.31. The number of nitrogens with zero attached hydrogens (tertiary/aromatic N) is 1. The molecule has 7 nitrogen and oxygen atoms in total. The molecular formula is C22H25BFNO6S. The number of aromatic nitrogens is 1. The normalized spacial score (nSPS) is 17.7. The highest BCUT2D eigenvalue weighted by atomic mass is 32.2. The summed E-state index contributed by atoms with van der Waals surface area (Å²) in [5, 5.41) is 0.560. The van der Waals surface area contributed by atoms with Gasteiger partial charge in [0, 0.05) is 17.6 Å². The van der Waals surface area contributed by atoms with Crippen LogP contribution in [0.2, 0.25) is 0 Å². The van der Waals surface area contributed by atoms with Crippen molar-refractivity contribution in [3.05, 3.63) is 48.4 Å². The van der Waals surface area contributed by atoms with E-state index in [9.17, 15) is 12.8 Å². The van der Waals surface area contributed by atoms with Crippen molar-refractivity contribution in [2.45, 2.75) is 43.8 Å². The molecule has 1 aromatic heterocycles. The lowest BCUT2D eigenvalue weighted by molar-refractivity contribution is 0.00578. The summed E-state index contributed by atoms with van der Waals surface area (Å²) in [7, 11) is -2.08. The van der Waals surface area contributed by atoms with E-state index in [1.54, 1.807) is 18.2 Å². The maximum Gasteiger partial charge on any atom is 0.495 e. The fourth-order valence-electron chi connectivity index (χ4n) is 3.62. The van der Waals surface area contributed by atoms with Gasteiger partial charge in [0.25, 0.3) is 10.0 Å². The average Bonchev–Trinajstić information content (AvgIpc) is 3.25. The van der Waals surface area contributed by atoms with Gasteiger partial charge in [-0.3, -0.25) is 0 Å². The predicted molar refractivity (Wildman–Crippen MR) is 120 cm³/mol. The first kappa shape index (κ1) is 22.6. The molecule has 0 N–H and O–H groups in total. The van der Waals surface area contributed by atoms with Gasteiger partial charge < -0.3 is 18.8 Å². The third kappa shape index (κ3) is 3.46. The van der Waals surface area contributed by atoms with Gasteiger partial charge in [0.05, 0.1) is 30.9 Å². The van der Waals surface area contributed by atoms with Crippen molar-refractivity contribution in [3.8, 4) is 11.5 Å². The fraction of sp³-hybridized carbons (Fsp3) is 0.364. The molecule has 0 radical (unpaired) electrons. The Labute approximate surface area is 187 Å². The number of ether oxygens (including phenoxy) is 2. The summed E-state index contributed by atoms with van der Waals surface area (Å²) in [5.41, 5.74) is -0.219. The number of benzene rings is 2. The van der Waals surface area contributed by atoms with Gasteiger partial charge in [0.1, 0.15) is 22.2 Å². The maximum absolute atomic E-state index is 14.6. The maximum atomic E-state index is 14.6. The van der Waals surface area contributed by atoms with E-state index in [-0.39, 0.29) is 5.75 Å². The molecule has 0 amide bonds. The molecule has 1 fully saturated rings. The Morgan fingerprint density at radius 1 is 0.969 bits per heavy atom. The third-order valence-corrected chi connectivity index (χ3v) is 7.90. The van der Waals surface area contributed by atoms with Gasteiger partial charge in [0.15, 0.2) is 0 Å². The van der Waals surface area contributed by atoms with Crippen molar-refractivity contribution >= 4 is 33.5 Å². The fourth-order valence-corrected chi connectivity index (χ4v) is 5.01. The van der Waals surface area contributed by atoms with Crippen LogP contribution in [0, 0.1) is 5.82 Å². The van der Waals surface area contributed by atoms with Crippen LogP contribution < -0.4 is 14.9 Å². The Morgan fingerprint density at radius 2 is 1.62 bits per heavy atom. The van der Waals surface area contributed by atoms with E-state index < -0.39 is 39.1 Å². The Balaban J connectivity index is 1.87. The second-order valence-electron chi connectivity index (χ2n) is 8.66. The summed E-state index contributed by atoms with van der Waals surface area (Å²) < 4.78 is 65.1. The first-order valence-electron chi connectivity index (χ1n) is 10.0. The van der Waals surface area contributed by atoms with Crippen LogP contribution in [0.1, 0.15) is 27.7 Å². The number of hydrogen-bond acceptors (Lipinski definition) is 6. The smallest absolute Gasteiger partial charge is 0.495 e. The molecule has 0 bridgehead atoms. The molecule has 0 spiro atoms. The van der Waals surface area contributed by atoms with Crippen molar-refractivity contribution in [2.75, 3.05) is 14.2 Å². The van der Waals surface area contributed by atoms with E-state index in [1.165, 1.54) is 32.5 Å². The first-order chi connectivity index (χ1) is 14.9. The van der Waals surface area contributed by atoms with Crippen LogP contribution in [-0.2, 0) is 19.3 Å². The van der Waals surface area contributed by atoms with Gasteiger partial charge in [-0.1, -0.05) is 0 Å². The lowest BCUT2D eigenvalue weighted by Crippen LogP contribution is -2.41. The molecule has 1 saturated heterocycles. The Hall–Kier alpha value is -2.56. The van der Waals surface area contributed by atoms with Crippen molar-refractivity contribution in [1.29, 1.82) is 0 Å². The molecule has 4 rings (SSSR count). The lowest BCUT2D eigenvalue weighted by Gasteiger charge is -2.32. The average molecular weight is 461 g/mol. The molecule has 1 aliphatic heterocycles. The number of methoxy groups -OCH3 is 2. The van der Waals surface area contributed by atoms with Crippen LogP contribution >= 0.6 is 0 Å². The molecule has 0 atom stereocenters. The van der Waals surface area contributed by atoms with Crippen LogP contribution in [0.5, 0.6) is 11.5 Å². The van der Waals surface area contributed by atoms with E-state index >= 15 is 0 Å². The molecule has 0 aliphatic carbocycles. The van der Waals surface area contributed by atoms with Crippen molar-refractivity contribution < 1.29 is 31.6 Å². The topological polar surface area (TPSA) is 76.0 Å². The SMILES string of the molecule is COc1ccc(S(=O)(=O)n2ccc3c(OC)cc(B4OC(C)(C)C(C)(C)O4)cc32)c(F)c1.